The lowest BCUT2D eigenvalue weighted by atomic mass is 10.3. The number of carbonyl (C=O) groups excluding carboxylic acids is 2. The normalized spacial score (nSPS) is 8.69. The number of carboxylic acids is 3. The summed E-state index contributed by atoms with van der Waals surface area (Å²) in [5.41, 5.74) is 3.49. The topological polar surface area (TPSA) is 217 Å². The van der Waals surface area contributed by atoms with Crippen LogP contribution in [0.5, 0.6) is 0 Å². The summed E-state index contributed by atoms with van der Waals surface area (Å²) in [6.45, 7) is 3.78. The molecule has 0 radical (unpaired) electrons. The highest BCUT2D eigenvalue weighted by Gasteiger charge is 2.02. The number of aliphatic carboxylic acids is 3. The molecule has 0 saturated heterocycles. The predicted molar refractivity (Wildman–Crippen MR) is 192 cm³/mol. The summed E-state index contributed by atoms with van der Waals surface area (Å²) in [5.74, 6) is -3.07. The Morgan fingerprint density at radius 2 is 1.04 bits per heavy atom. The van der Waals surface area contributed by atoms with E-state index in [1.165, 1.54) is 5.69 Å². The molecule has 0 unspecified atom stereocenters. The largest absolute Gasteiger partial charge is 0.550 e. The van der Waals surface area contributed by atoms with Crippen molar-refractivity contribution in [2.45, 2.75) is 25.9 Å². The van der Waals surface area contributed by atoms with Crippen LogP contribution in [-0.2, 0) is 27.5 Å². The number of nitrogens with one attached hydrogen (secondary N) is 1. The number of carboxylic acid groups (broad SMARTS) is 3. The third kappa shape index (κ3) is 27.3. The number of aromatic nitrogens is 4. The Bertz CT molecular complexity index is 1640. The molecule has 0 aliphatic carbocycles. The lowest BCUT2D eigenvalue weighted by molar-refractivity contribution is -0.696. The predicted octanol–water partition coefficient (Wildman–Crippen LogP) is 0.359. The van der Waals surface area contributed by atoms with E-state index in [2.05, 4.69) is 21.9 Å². The van der Waals surface area contributed by atoms with Gasteiger partial charge < -0.3 is 40.0 Å². The average Bonchev–Trinajstić information content (AvgIpc) is 3.15. The SMILES string of the molecule is C=CC(=O)O.CN(C)c1cc[n+](CCC(=O)[O-])cc1.CN(C)c1ccncc1.CNC.N#Cc1cc[n+](CCC(=O)[O-])cc1.N#Cc1ccncc1. The Kier molecular flexibility index (Phi) is 27.7. The Balaban J connectivity index is 0. The van der Waals surface area contributed by atoms with Gasteiger partial charge in [0.2, 0.25) is 0 Å². The van der Waals surface area contributed by atoms with Gasteiger partial charge in [-0.1, -0.05) is 6.58 Å². The number of carbonyl (C=O) groups is 3. The van der Waals surface area contributed by atoms with Crippen molar-refractivity contribution in [3.05, 3.63) is 122 Å². The Morgan fingerprint density at radius 1 is 0.731 bits per heavy atom. The van der Waals surface area contributed by atoms with Gasteiger partial charge in [0.25, 0.3) is 0 Å². The summed E-state index contributed by atoms with van der Waals surface area (Å²) in [7, 11) is 11.7. The van der Waals surface area contributed by atoms with Gasteiger partial charge in [0.1, 0.15) is 0 Å². The minimum absolute atomic E-state index is 0.0173. The molecule has 4 heterocycles. The zero-order valence-electron chi connectivity index (χ0n) is 30.4. The van der Waals surface area contributed by atoms with Gasteiger partial charge in [0, 0.05) is 119 Å². The molecular weight excluding hydrogens is 666 g/mol. The number of anilines is 2. The first-order valence-electron chi connectivity index (χ1n) is 15.5. The molecule has 0 spiro atoms. The van der Waals surface area contributed by atoms with E-state index in [-0.39, 0.29) is 12.8 Å². The standard InChI is InChI=1S/C10H14N2O2.C9H8N2O2.C7H10N2.C6H4N2.C3H4O2.C2H7N/c1-11(2)9-3-6-12(7-4-9)8-5-10(13)14;10-7-8-1-4-11(5-2-8)6-3-9(12)13;1-9(2)7-3-5-8-6-4-7;7-5-6-1-3-8-4-2-6;1-2-3(4)5;1-3-2/h3-4,6-7H,5,8H2,1-2H3;1-2,4-5H,3,6H2;3-6H,1-2H3;1-4H;2H,1H2,(H,4,5);3H,1-2H3. The maximum Gasteiger partial charge on any atom is 0.327 e. The molecule has 4 aromatic heterocycles. The molecule has 0 fully saturated rings. The first kappa shape index (κ1) is 47.4. The summed E-state index contributed by atoms with van der Waals surface area (Å²) in [6.07, 6.45) is 14.7. The van der Waals surface area contributed by atoms with Crippen molar-refractivity contribution in [2.24, 2.45) is 0 Å². The van der Waals surface area contributed by atoms with Crippen molar-refractivity contribution in [3.8, 4) is 12.1 Å². The Labute approximate surface area is 305 Å². The quantitative estimate of drug-likeness (QED) is 0.177. The first-order valence-corrected chi connectivity index (χ1v) is 15.5. The molecule has 0 aliphatic heterocycles. The van der Waals surface area contributed by atoms with Crippen molar-refractivity contribution >= 4 is 29.3 Å². The average molecular weight is 714 g/mol. The van der Waals surface area contributed by atoms with Gasteiger partial charge in [-0.3, -0.25) is 9.97 Å². The zero-order chi connectivity index (χ0) is 39.7. The van der Waals surface area contributed by atoms with Crippen LogP contribution in [0.4, 0.5) is 11.4 Å². The zero-order valence-corrected chi connectivity index (χ0v) is 30.4. The number of nitrogens with zero attached hydrogens (tertiary/aromatic N) is 8. The maximum absolute atomic E-state index is 10.2. The molecule has 0 aliphatic rings. The third-order valence-electron chi connectivity index (χ3n) is 5.72. The fourth-order valence-electron chi connectivity index (χ4n) is 3.09. The van der Waals surface area contributed by atoms with Crippen LogP contribution >= 0.6 is 0 Å². The molecular formula is C37H47N9O6. The molecule has 52 heavy (non-hydrogen) atoms. The lowest BCUT2D eigenvalue weighted by Crippen LogP contribution is -2.36. The molecule has 0 bridgehead atoms. The minimum Gasteiger partial charge on any atom is -0.550 e. The van der Waals surface area contributed by atoms with Crippen molar-refractivity contribution < 1.29 is 38.8 Å². The van der Waals surface area contributed by atoms with E-state index in [1.807, 2.05) is 105 Å². The smallest absolute Gasteiger partial charge is 0.327 e. The molecule has 15 heteroatoms. The van der Waals surface area contributed by atoms with E-state index < -0.39 is 17.9 Å². The lowest BCUT2D eigenvalue weighted by Gasteiger charge is -2.10. The highest BCUT2D eigenvalue weighted by Crippen LogP contribution is 2.06. The number of nitriles is 2. The number of hydrogen-bond donors (Lipinski definition) is 2. The second-order valence-corrected chi connectivity index (χ2v) is 10.4. The molecule has 0 atom stereocenters. The number of hydrogen-bond acceptors (Lipinski definition) is 12. The van der Waals surface area contributed by atoms with Gasteiger partial charge in [0.05, 0.1) is 23.3 Å². The van der Waals surface area contributed by atoms with E-state index in [0.717, 1.165) is 11.8 Å². The fraction of sp³-hybridized carbons (Fsp3) is 0.270. The molecule has 0 aromatic carbocycles. The van der Waals surface area contributed by atoms with Crippen molar-refractivity contribution in [1.29, 1.82) is 10.5 Å². The van der Waals surface area contributed by atoms with Gasteiger partial charge in [0.15, 0.2) is 37.9 Å². The molecule has 15 nitrogen and oxygen atoms in total. The van der Waals surface area contributed by atoms with Crippen LogP contribution in [0, 0.1) is 22.7 Å². The van der Waals surface area contributed by atoms with Crippen LogP contribution in [0.3, 0.4) is 0 Å². The second-order valence-electron chi connectivity index (χ2n) is 10.4. The summed E-state index contributed by atoms with van der Waals surface area (Å²) in [6, 6.07) is 18.4. The van der Waals surface area contributed by atoms with E-state index >= 15 is 0 Å². The highest BCUT2D eigenvalue weighted by molar-refractivity contribution is 5.78. The van der Waals surface area contributed by atoms with Crippen LogP contribution in [0.25, 0.3) is 0 Å². The first-order chi connectivity index (χ1) is 24.7. The summed E-state index contributed by atoms with van der Waals surface area (Å²) < 4.78 is 3.51. The molecule has 4 rings (SSSR count). The van der Waals surface area contributed by atoms with E-state index in [1.54, 1.807) is 66.0 Å². The van der Waals surface area contributed by atoms with Gasteiger partial charge in [-0.15, -0.1) is 0 Å². The monoisotopic (exact) mass is 713 g/mol. The van der Waals surface area contributed by atoms with Gasteiger partial charge in [-0.2, -0.15) is 10.5 Å². The maximum atomic E-state index is 10.2. The highest BCUT2D eigenvalue weighted by atomic mass is 16.4. The van der Waals surface area contributed by atoms with Gasteiger partial charge in [-0.05, 0) is 38.4 Å². The fourth-order valence-corrected chi connectivity index (χ4v) is 3.09. The number of aryl methyl sites for hydroxylation is 2. The van der Waals surface area contributed by atoms with Crippen molar-refractivity contribution in [2.75, 3.05) is 52.1 Å². The molecule has 0 amide bonds. The summed E-state index contributed by atoms with van der Waals surface area (Å²) >= 11 is 0. The summed E-state index contributed by atoms with van der Waals surface area (Å²) in [5, 5.41) is 47.4. The minimum atomic E-state index is -1.07. The third-order valence-corrected chi connectivity index (χ3v) is 5.72. The number of rotatable bonds is 9. The summed E-state index contributed by atoms with van der Waals surface area (Å²) in [4.78, 5) is 41.3. The molecule has 2 N–H and O–H groups in total. The van der Waals surface area contributed by atoms with Crippen LogP contribution in [0.1, 0.15) is 24.0 Å². The number of pyridine rings is 4. The Hall–Kier alpha value is -6.71. The Morgan fingerprint density at radius 3 is 1.31 bits per heavy atom. The van der Waals surface area contributed by atoms with Crippen molar-refractivity contribution in [3.63, 3.8) is 0 Å². The molecule has 4 aromatic rings. The molecule has 0 saturated carbocycles. The second kappa shape index (κ2) is 30.4. The van der Waals surface area contributed by atoms with E-state index in [4.69, 9.17) is 15.6 Å². The van der Waals surface area contributed by atoms with E-state index in [0.29, 0.717) is 24.2 Å². The molecule has 276 valence electrons. The van der Waals surface area contributed by atoms with E-state index in [9.17, 15) is 24.6 Å². The van der Waals surface area contributed by atoms with Gasteiger partial charge >= 0.3 is 5.97 Å². The van der Waals surface area contributed by atoms with Gasteiger partial charge in [-0.25, -0.2) is 13.9 Å². The van der Waals surface area contributed by atoms with Crippen LogP contribution < -0.4 is 34.5 Å². The van der Waals surface area contributed by atoms with Crippen molar-refractivity contribution in [1.82, 2.24) is 15.3 Å². The van der Waals surface area contributed by atoms with Crippen LogP contribution in [0.15, 0.2) is 111 Å². The van der Waals surface area contributed by atoms with Crippen LogP contribution in [-0.4, -0.2) is 75.3 Å². The van der Waals surface area contributed by atoms with Crippen LogP contribution in [0.2, 0.25) is 0 Å².